The van der Waals surface area contributed by atoms with Crippen LogP contribution >= 0.6 is 22.9 Å². The molecule has 0 aliphatic carbocycles. The summed E-state index contributed by atoms with van der Waals surface area (Å²) in [5.74, 6) is -0.473. The number of carbonyl (C=O) groups is 2. The van der Waals surface area contributed by atoms with E-state index in [2.05, 4.69) is 4.98 Å². The topological polar surface area (TPSA) is 118 Å². The van der Waals surface area contributed by atoms with Crippen LogP contribution in [-0.2, 0) is 20.7 Å². The molecular weight excluding hydrogens is 628 g/mol. The Balaban J connectivity index is 1.60. The standard InChI is InChI=1S/C35H35ClN2O7S/c1-35(2,20-39)19-38-26-14-13-22(36)16-24(26)31(23-11-8-12-27(43-3)32(23)44-4)45-28(33(38)40)17-30-37-18-29(46-30)25(34(41)42)15-21-9-6-5-7-10-21/h5-16,18,28,31,39H,17,19-20H2,1-4H3,(H,41,42)/t28-,31-/m1/s1. The highest BCUT2D eigenvalue weighted by Crippen LogP contribution is 2.45. The van der Waals surface area contributed by atoms with Gasteiger partial charge in [0.15, 0.2) is 11.5 Å². The van der Waals surface area contributed by atoms with E-state index in [4.69, 9.17) is 25.8 Å². The van der Waals surface area contributed by atoms with Crippen LogP contribution in [-0.4, -0.2) is 60.5 Å². The molecule has 0 fully saturated rings. The number of amides is 1. The lowest BCUT2D eigenvalue weighted by atomic mass is 9.92. The first-order chi connectivity index (χ1) is 22.0. The van der Waals surface area contributed by atoms with Crippen molar-refractivity contribution >= 4 is 52.2 Å². The SMILES string of the molecule is COc1cccc([C@H]2O[C@H](Cc3ncc(C(=Cc4ccccc4)C(=O)O)s3)C(=O)N(CC(C)(C)CO)c3ccc(Cl)cc32)c1OC. The predicted octanol–water partition coefficient (Wildman–Crippen LogP) is 6.52. The number of carboxylic acid groups (broad SMARTS) is 1. The van der Waals surface area contributed by atoms with Crippen LogP contribution in [0, 0.1) is 5.41 Å². The van der Waals surface area contributed by atoms with E-state index in [1.165, 1.54) is 24.6 Å². The van der Waals surface area contributed by atoms with E-state index in [9.17, 15) is 19.8 Å². The third-order valence-corrected chi connectivity index (χ3v) is 8.94. The summed E-state index contributed by atoms with van der Waals surface area (Å²) in [6, 6.07) is 19.9. The monoisotopic (exact) mass is 662 g/mol. The van der Waals surface area contributed by atoms with Crippen molar-refractivity contribution in [1.29, 1.82) is 0 Å². The zero-order valence-electron chi connectivity index (χ0n) is 25.9. The van der Waals surface area contributed by atoms with Gasteiger partial charge in [0.25, 0.3) is 5.91 Å². The van der Waals surface area contributed by atoms with Gasteiger partial charge in [0, 0.05) is 53.0 Å². The number of ether oxygens (including phenoxy) is 3. The van der Waals surface area contributed by atoms with E-state index >= 15 is 0 Å². The summed E-state index contributed by atoms with van der Waals surface area (Å²) in [4.78, 5) is 33.3. The smallest absolute Gasteiger partial charge is 0.337 e. The molecule has 0 spiro atoms. The maximum Gasteiger partial charge on any atom is 0.337 e. The normalized spacial score (nSPS) is 17.0. The van der Waals surface area contributed by atoms with Gasteiger partial charge in [-0.15, -0.1) is 11.3 Å². The van der Waals surface area contributed by atoms with Gasteiger partial charge in [-0.1, -0.05) is 67.9 Å². The van der Waals surface area contributed by atoms with Gasteiger partial charge in [0.2, 0.25) is 0 Å². The molecule has 1 aliphatic heterocycles. The number of carbonyl (C=O) groups excluding carboxylic acids is 1. The summed E-state index contributed by atoms with van der Waals surface area (Å²) in [6.45, 7) is 3.79. The van der Waals surface area contributed by atoms with Gasteiger partial charge in [0.1, 0.15) is 12.2 Å². The van der Waals surface area contributed by atoms with Gasteiger partial charge >= 0.3 is 5.97 Å². The van der Waals surface area contributed by atoms with Crippen molar-refractivity contribution in [1.82, 2.24) is 4.98 Å². The minimum atomic E-state index is -1.09. The van der Waals surface area contributed by atoms with E-state index in [0.29, 0.717) is 43.2 Å². The molecule has 1 aromatic heterocycles. The lowest BCUT2D eigenvalue weighted by Gasteiger charge is -2.32. The average Bonchev–Trinajstić information content (AvgIpc) is 3.48. The summed E-state index contributed by atoms with van der Waals surface area (Å²) in [5.41, 5.74) is 2.05. The molecule has 2 atom stereocenters. The third kappa shape index (κ3) is 7.10. The molecule has 11 heteroatoms. The molecule has 3 aromatic carbocycles. The Kier molecular flexibility index (Phi) is 10.1. The van der Waals surface area contributed by atoms with Gasteiger partial charge in [-0.25, -0.2) is 9.78 Å². The number of fused-ring (bicyclic) bond motifs is 1. The molecule has 0 radical (unpaired) electrons. The molecule has 2 N–H and O–H groups in total. The summed E-state index contributed by atoms with van der Waals surface area (Å²) >= 11 is 7.72. The fraction of sp³-hybridized carbons (Fsp3) is 0.286. The average molecular weight is 663 g/mol. The fourth-order valence-electron chi connectivity index (χ4n) is 5.35. The molecule has 1 aliphatic rings. The number of halogens is 1. The number of carboxylic acids is 1. The number of methoxy groups -OCH3 is 2. The first-order valence-electron chi connectivity index (χ1n) is 14.6. The highest BCUT2D eigenvalue weighted by Gasteiger charge is 2.40. The van der Waals surface area contributed by atoms with Crippen molar-refractivity contribution in [3.05, 3.63) is 105 Å². The van der Waals surface area contributed by atoms with E-state index in [1.807, 2.05) is 56.3 Å². The van der Waals surface area contributed by atoms with Crippen molar-refractivity contribution in [2.45, 2.75) is 32.5 Å². The maximum atomic E-state index is 14.4. The van der Waals surface area contributed by atoms with Crippen LogP contribution in [0.1, 0.15) is 46.5 Å². The number of rotatable bonds is 11. The molecule has 0 bridgehead atoms. The van der Waals surface area contributed by atoms with Crippen molar-refractivity contribution < 1.29 is 34.0 Å². The number of hydrogen-bond donors (Lipinski definition) is 2. The van der Waals surface area contributed by atoms with Gasteiger partial charge in [-0.2, -0.15) is 0 Å². The van der Waals surface area contributed by atoms with Crippen LogP contribution in [0.15, 0.2) is 72.9 Å². The first kappa shape index (κ1) is 33.2. The van der Waals surface area contributed by atoms with Gasteiger partial charge in [0.05, 0.1) is 29.7 Å². The zero-order chi connectivity index (χ0) is 33.0. The Morgan fingerprint density at radius 2 is 1.85 bits per heavy atom. The summed E-state index contributed by atoms with van der Waals surface area (Å²) in [6.07, 6.45) is 1.33. The Morgan fingerprint density at radius 1 is 1.09 bits per heavy atom. The first-order valence-corrected chi connectivity index (χ1v) is 15.8. The van der Waals surface area contributed by atoms with Gasteiger partial charge in [-0.05, 0) is 35.9 Å². The predicted molar refractivity (Wildman–Crippen MR) is 179 cm³/mol. The minimum Gasteiger partial charge on any atom is -0.493 e. The summed E-state index contributed by atoms with van der Waals surface area (Å²) in [7, 11) is 3.08. The van der Waals surface area contributed by atoms with Crippen molar-refractivity contribution in [3.63, 3.8) is 0 Å². The quantitative estimate of drug-likeness (QED) is 0.174. The fourth-order valence-corrected chi connectivity index (χ4v) is 6.48. The Hall–Kier alpha value is -4.22. The number of aliphatic carboxylic acids is 1. The number of benzene rings is 3. The highest BCUT2D eigenvalue weighted by atomic mass is 35.5. The number of para-hydroxylation sites is 1. The maximum absolute atomic E-state index is 14.4. The largest absolute Gasteiger partial charge is 0.493 e. The number of thiazole rings is 1. The van der Waals surface area contributed by atoms with E-state index in [0.717, 1.165) is 5.56 Å². The lowest BCUT2D eigenvalue weighted by Crippen LogP contribution is -2.45. The van der Waals surface area contributed by atoms with Crippen LogP contribution < -0.4 is 14.4 Å². The van der Waals surface area contributed by atoms with Gasteiger partial charge in [-0.3, -0.25) is 4.79 Å². The van der Waals surface area contributed by atoms with Crippen LogP contribution in [0.2, 0.25) is 5.02 Å². The molecule has 9 nitrogen and oxygen atoms in total. The van der Waals surface area contributed by atoms with Crippen LogP contribution in [0.3, 0.4) is 0 Å². The molecule has 0 saturated carbocycles. The summed E-state index contributed by atoms with van der Waals surface area (Å²) < 4.78 is 18.1. The highest BCUT2D eigenvalue weighted by molar-refractivity contribution is 7.13. The summed E-state index contributed by atoms with van der Waals surface area (Å²) in [5, 5.41) is 21.1. The molecule has 240 valence electrons. The third-order valence-electron chi connectivity index (χ3n) is 7.65. The van der Waals surface area contributed by atoms with E-state index in [-0.39, 0.29) is 31.1 Å². The molecule has 0 saturated heterocycles. The Labute approximate surface area is 276 Å². The molecule has 1 amide bonds. The number of aliphatic hydroxyl groups is 1. The molecule has 2 heterocycles. The number of aliphatic hydroxyl groups excluding tert-OH is 1. The Morgan fingerprint density at radius 3 is 2.52 bits per heavy atom. The number of anilines is 1. The van der Waals surface area contributed by atoms with Crippen LogP contribution in [0.5, 0.6) is 11.5 Å². The van der Waals surface area contributed by atoms with Crippen molar-refractivity contribution in [3.8, 4) is 11.5 Å². The lowest BCUT2D eigenvalue weighted by molar-refractivity contribution is -0.132. The molecule has 46 heavy (non-hydrogen) atoms. The molecule has 5 rings (SSSR count). The van der Waals surface area contributed by atoms with E-state index in [1.54, 1.807) is 42.4 Å². The zero-order valence-corrected chi connectivity index (χ0v) is 27.5. The number of nitrogens with zero attached hydrogens (tertiary/aromatic N) is 2. The van der Waals surface area contributed by atoms with Crippen molar-refractivity contribution in [2.24, 2.45) is 5.41 Å². The van der Waals surface area contributed by atoms with Crippen LogP contribution in [0.4, 0.5) is 5.69 Å². The second-order valence-electron chi connectivity index (χ2n) is 11.6. The molecule has 4 aromatic rings. The number of aromatic nitrogens is 1. The molecular formula is C35H35ClN2O7S. The second kappa shape index (κ2) is 14.0. The van der Waals surface area contributed by atoms with E-state index < -0.39 is 23.6 Å². The minimum absolute atomic E-state index is 0.0717. The Bertz CT molecular complexity index is 1750. The van der Waals surface area contributed by atoms with Crippen molar-refractivity contribution in [2.75, 3.05) is 32.3 Å². The number of hydrogen-bond acceptors (Lipinski definition) is 8. The molecule has 0 unspecified atom stereocenters. The van der Waals surface area contributed by atoms with Crippen LogP contribution in [0.25, 0.3) is 11.6 Å². The second-order valence-corrected chi connectivity index (χ2v) is 13.2. The van der Waals surface area contributed by atoms with Gasteiger partial charge < -0.3 is 29.3 Å².